The highest BCUT2D eigenvalue weighted by atomic mass is 32.2. The zero-order valence-corrected chi connectivity index (χ0v) is 13.0. The van der Waals surface area contributed by atoms with Crippen LogP contribution in [0.2, 0.25) is 0 Å². The van der Waals surface area contributed by atoms with E-state index in [9.17, 15) is 9.59 Å². The third-order valence-electron chi connectivity index (χ3n) is 2.68. The van der Waals surface area contributed by atoms with Crippen LogP contribution in [0.5, 0.6) is 0 Å². The molecule has 110 valence electrons. The minimum Gasteiger partial charge on any atom is -0.476 e. The van der Waals surface area contributed by atoms with Gasteiger partial charge in [0, 0.05) is 23.7 Å². The number of carboxylic acid groups (broad SMARTS) is 1. The van der Waals surface area contributed by atoms with Gasteiger partial charge < -0.3 is 10.4 Å². The highest BCUT2D eigenvalue weighted by molar-refractivity contribution is 7.99. The molecule has 1 heterocycles. The number of thioether (sulfide) groups is 1. The average Bonchev–Trinajstić information content (AvgIpc) is 2.97. The maximum atomic E-state index is 11.2. The summed E-state index contributed by atoms with van der Waals surface area (Å²) in [6, 6.07) is 7.76. The van der Waals surface area contributed by atoms with Gasteiger partial charge in [-0.15, -0.1) is 23.1 Å². The number of aromatic nitrogens is 1. The van der Waals surface area contributed by atoms with Crippen LogP contribution < -0.4 is 5.32 Å². The summed E-state index contributed by atoms with van der Waals surface area (Å²) in [5.74, 6) is 0.122. The summed E-state index contributed by atoms with van der Waals surface area (Å²) in [5, 5.41) is 13.7. The minimum absolute atomic E-state index is 0.00202. The number of amides is 1. The highest BCUT2D eigenvalue weighted by Crippen LogP contribution is 2.25. The Morgan fingerprint density at radius 3 is 2.90 bits per heavy atom. The second-order valence-corrected chi connectivity index (χ2v) is 6.05. The van der Waals surface area contributed by atoms with Gasteiger partial charge in [0.25, 0.3) is 0 Å². The first kappa shape index (κ1) is 15.5. The lowest BCUT2D eigenvalue weighted by Gasteiger charge is -2.03. The minimum atomic E-state index is -1.02. The van der Waals surface area contributed by atoms with Crippen molar-refractivity contribution in [1.29, 1.82) is 0 Å². The van der Waals surface area contributed by atoms with E-state index in [0.29, 0.717) is 10.8 Å². The number of rotatable bonds is 6. The molecule has 2 aromatic rings. The fraction of sp³-hybridized carbons (Fsp3) is 0.214. The van der Waals surface area contributed by atoms with Gasteiger partial charge in [-0.25, -0.2) is 9.78 Å². The Morgan fingerprint density at radius 1 is 1.43 bits per heavy atom. The monoisotopic (exact) mass is 322 g/mol. The Balaban J connectivity index is 2.06. The van der Waals surface area contributed by atoms with Gasteiger partial charge in [-0.3, -0.25) is 4.79 Å². The number of benzene rings is 1. The van der Waals surface area contributed by atoms with Gasteiger partial charge in [-0.2, -0.15) is 0 Å². The standard InChI is InChI=1S/C14H14N2O3S2/c1-15-12(17)8-20-6-9-3-2-4-10(5-9)13-16-11(7-21-13)14(18)19/h2-5,7H,6,8H2,1H3,(H,15,17)(H,18,19). The Labute approximate surface area is 130 Å². The quantitative estimate of drug-likeness (QED) is 0.854. The zero-order valence-electron chi connectivity index (χ0n) is 11.3. The summed E-state index contributed by atoms with van der Waals surface area (Å²) in [7, 11) is 1.62. The van der Waals surface area contributed by atoms with E-state index in [1.807, 2.05) is 24.3 Å². The SMILES string of the molecule is CNC(=O)CSCc1cccc(-c2nc(C(=O)O)cs2)c1. The van der Waals surface area contributed by atoms with Crippen LogP contribution in [0.3, 0.4) is 0 Å². The number of hydrogen-bond donors (Lipinski definition) is 2. The van der Waals surface area contributed by atoms with Gasteiger partial charge in [0.1, 0.15) is 5.01 Å². The van der Waals surface area contributed by atoms with Crippen molar-refractivity contribution in [2.45, 2.75) is 5.75 Å². The summed E-state index contributed by atoms with van der Waals surface area (Å²) < 4.78 is 0. The molecular weight excluding hydrogens is 308 g/mol. The molecule has 0 atom stereocenters. The molecule has 2 N–H and O–H groups in total. The van der Waals surface area contributed by atoms with Crippen LogP contribution >= 0.6 is 23.1 Å². The van der Waals surface area contributed by atoms with Crippen molar-refractivity contribution >= 4 is 35.0 Å². The molecule has 0 saturated carbocycles. The highest BCUT2D eigenvalue weighted by Gasteiger charge is 2.10. The molecule has 7 heteroatoms. The lowest BCUT2D eigenvalue weighted by Crippen LogP contribution is -2.19. The molecule has 1 aromatic carbocycles. The number of nitrogens with one attached hydrogen (secondary N) is 1. The van der Waals surface area contributed by atoms with Crippen molar-refractivity contribution in [3.63, 3.8) is 0 Å². The summed E-state index contributed by atoms with van der Waals surface area (Å²) >= 11 is 2.84. The predicted molar refractivity (Wildman–Crippen MR) is 84.7 cm³/mol. The maximum Gasteiger partial charge on any atom is 0.355 e. The molecule has 0 aliphatic rings. The van der Waals surface area contributed by atoms with E-state index < -0.39 is 5.97 Å². The molecular formula is C14H14N2O3S2. The van der Waals surface area contributed by atoms with E-state index in [-0.39, 0.29) is 11.6 Å². The van der Waals surface area contributed by atoms with Crippen LogP contribution in [0, 0.1) is 0 Å². The second kappa shape index (κ2) is 7.24. The second-order valence-electron chi connectivity index (χ2n) is 4.21. The van der Waals surface area contributed by atoms with Crippen molar-refractivity contribution in [2.24, 2.45) is 0 Å². The number of carboxylic acids is 1. The molecule has 2 rings (SSSR count). The Kier molecular flexibility index (Phi) is 5.35. The molecule has 0 radical (unpaired) electrons. The van der Waals surface area contributed by atoms with Crippen LogP contribution in [0.15, 0.2) is 29.6 Å². The van der Waals surface area contributed by atoms with Crippen LogP contribution in [-0.2, 0) is 10.5 Å². The van der Waals surface area contributed by atoms with Gasteiger partial charge in [-0.05, 0) is 11.6 Å². The van der Waals surface area contributed by atoms with Crippen LogP contribution in [0.1, 0.15) is 16.1 Å². The van der Waals surface area contributed by atoms with Crippen molar-refractivity contribution in [3.05, 3.63) is 40.9 Å². The van der Waals surface area contributed by atoms with Crippen molar-refractivity contribution in [2.75, 3.05) is 12.8 Å². The Morgan fingerprint density at radius 2 is 2.24 bits per heavy atom. The molecule has 5 nitrogen and oxygen atoms in total. The smallest absolute Gasteiger partial charge is 0.355 e. The Bertz CT molecular complexity index is 655. The molecule has 1 aromatic heterocycles. The summed E-state index contributed by atoms with van der Waals surface area (Å²) in [4.78, 5) is 26.1. The molecule has 21 heavy (non-hydrogen) atoms. The van der Waals surface area contributed by atoms with Gasteiger partial charge in [0.2, 0.25) is 5.91 Å². The van der Waals surface area contributed by atoms with Crippen molar-refractivity contribution in [3.8, 4) is 10.6 Å². The van der Waals surface area contributed by atoms with Gasteiger partial charge in [-0.1, -0.05) is 18.2 Å². The van der Waals surface area contributed by atoms with E-state index in [4.69, 9.17) is 5.11 Å². The normalized spacial score (nSPS) is 10.3. The lowest BCUT2D eigenvalue weighted by molar-refractivity contribution is -0.118. The zero-order chi connectivity index (χ0) is 15.2. The number of hydrogen-bond acceptors (Lipinski definition) is 5. The fourth-order valence-electron chi connectivity index (χ4n) is 1.63. The van der Waals surface area contributed by atoms with Crippen molar-refractivity contribution in [1.82, 2.24) is 10.3 Å². The van der Waals surface area contributed by atoms with Gasteiger partial charge in [0.05, 0.1) is 5.75 Å². The summed E-state index contributed by atoms with van der Waals surface area (Å²) in [6.07, 6.45) is 0. The molecule has 0 bridgehead atoms. The molecule has 1 amide bonds. The van der Waals surface area contributed by atoms with Crippen molar-refractivity contribution < 1.29 is 14.7 Å². The number of nitrogens with zero attached hydrogens (tertiary/aromatic N) is 1. The summed E-state index contributed by atoms with van der Waals surface area (Å²) in [5.41, 5.74) is 2.04. The predicted octanol–water partition coefficient (Wildman–Crippen LogP) is 2.49. The van der Waals surface area contributed by atoms with Crippen LogP contribution in [0.4, 0.5) is 0 Å². The molecule has 0 spiro atoms. The van der Waals surface area contributed by atoms with Crippen LogP contribution in [0.25, 0.3) is 10.6 Å². The van der Waals surface area contributed by atoms with Crippen LogP contribution in [-0.4, -0.2) is 34.8 Å². The maximum absolute atomic E-state index is 11.2. The molecule has 0 aliphatic carbocycles. The number of thiazole rings is 1. The first-order valence-corrected chi connectivity index (χ1v) is 8.20. The number of aromatic carboxylic acids is 1. The van der Waals surface area contributed by atoms with Gasteiger partial charge >= 0.3 is 5.97 Å². The van der Waals surface area contributed by atoms with E-state index in [2.05, 4.69) is 10.3 Å². The van der Waals surface area contributed by atoms with E-state index in [1.165, 1.54) is 28.5 Å². The number of carbonyl (C=O) groups is 2. The topological polar surface area (TPSA) is 79.3 Å². The third kappa shape index (κ3) is 4.30. The largest absolute Gasteiger partial charge is 0.476 e. The molecule has 0 fully saturated rings. The van der Waals surface area contributed by atoms with Gasteiger partial charge in [0.15, 0.2) is 5.69 Å². The Hall–Kier alpha value is -1.86. The number of carbonyl (C=O) groups excluding carboxylic acids is 1. The molecule has 0 saturated heterocycles. The fourth-order valence-corrected chi connectivity index (χ4v) is 3.27. The average molecular weight is 322 g/mol. The third-order valence-corrected chi connectivity index (χ3v) is 4.57. The summed E-state index contributed by atoms with van der Waals surface area (Å²) in [6.45, 7) is 0. The van der Waals surface area contributed by atoms with E-state index in [0.717, 1.165) is 16.9 Å². The molecule has 0 unspecified atom stereocenters. The van der Waals surface area contributed by atoms with E-state index >= 15 is 0 Å². The first-order valence-electron chi connectivity index (χ1n) is 6.16. The van der Waals surface area contributed by atoms with E-state index in [1.54, 1.807) is 7.05 Å². The lowest BCUT2D eigenvalue weighted by atomic mass is 10.1. The first-order chi connectivity index (χ1) is 10.1. The molecule has 0 aliphatic heterocycles.